The first-order valence-corrected chi connectivity index (χ1v) is 8.33. The van der Waals surface area contributed by atoms with Gasteiger partial charge in [-0.25, -0.2) is 0 Å². The molecule has 0 heterocycles. The third kappa shape index (κ3) is 8.61. The minimum atomic E-state index is -5.11. The molecule has 0 aliphatic rings. The normalized spacial score (nSPS) is 12.9. The molecule has 4 N–H and O–H groups in total. The van der Waals surface area contributed by atoms with Crippen LogP contribution >= 0.6 is 0 Å². The van der Waals surface area contributed by atoms with Crippen LogP contribution < -0.4 is 5.73 Å². The smallest absolute Gasteiger partial charge is 0.378 e. The first-order valence-electron chi connectivity index (χ1n) is 4.89. The molecule has 21 heavy (non-hydrogen) atoms. The molecule has 0 amide bonds. The van der Waals surface area contributed by atoms with Gasteiger partial charge in [0.05, 0.1) is 4.90 Å². The Bertz CT molecular complexity index is 687. The summed E-state index contributed by atoms with van der Waals surface area (Å²) in [5.74, 6) is 0. The van der Waals surface area contributed by atoms with Crippen molar-refractivity contribution in [3.63, 3.8) is 0 Å². The summed E-state index contributed by atoms with van der Waals surface area (Å²) in [6.07, 6.45) is -0.971. The van der Waals surface area contributed by atoms with E-state index in [1.807, 2.05) is 0 Å². The molecule has 120 valence electrons. The molecule has 0 aliphatic carbocycles. The fourth-order valence-electron chi connectivity index (χ4n) is 1.19. The molecule has 1 aromatic rings. The maximum Gasteiger partial charge on any atom is 0.412 e. The average molecular weight is 361 g/mol. The topological polar surface area (TPSA) is 178 Å². The highest BCUT2D eigenvalue weighted by molar-refractivity contribution is 7.97. The summed E-state index contributed by atoms with van der Waals surface area (Å²) in [4.78, 5) is -0.449. The molecule has 0 saturated carbocycles. The van der Waals surface area contributed by atoms with Gasteiger partial charge >= 0.3 is 32.1 Å². The summed E-state index contributed by atoms with van der Waals surface area (Å²) in [5.41, 5.74) is 5.68. The monoisotopic (exact) mass is 361 g/mol. The minimum Gasteiger partial charge on any atom is -0.378 e. The van der Waals surface area contributed by atoms with Crippen molar-refractivity contribution < 1.29 is 38.5 Å². The molecule has 0 fully saturated rings. The van der Waals surface area contributed by atoms with Crippen LogP contribution in [-0.2, 0) is 42.1 Å². The fraction of sp³-hybridized carbons (Fsp3) is 0.250. The predicted molar refractivity (Wildman–Crippen MR) is 69.1 cm³/mol. The highest BCUT2D eigenvalue weighted by atomic mass is 32.3. The van der Waals surface area contributed by atoms with Gasteiger partial charge in [0, 0.05) is 6.42 Å². The molecule has 1 atom stereocenters. The molecule has 0 aliphatic heterocycles. The number of rotatable bonds is 5. The zero-order chi connectivity index (χ0) is 16.7. The Morgan fingerprint density at radius 2 is 1.57 bits per heavy atom. The second-order valence-electron chi connectivity index (χ2n) is 3.43. The second-order valence-corrected chi connectivity index (χ2v) is 6.35. The van der Waals surface area contributed by atoms with E-state index in [0.29, 0.717) is 5.56 Å². The van der Waals surface area contributed by atoms with Gasteiger partial charge in [0.15, 0.2) is 0 Å². The quantitative estimate of drug-likeness (QED) is 0.406. The van der Waals surface area contributed by atoms with E-state index in [1.165, 1.54) is 12.1 Å². The molecule has 0 spiro atoms. The van der Waals surface area contributed by atoms with Gasteiger partial charge in [-0.3, -0.25) is 4.55 Å². The third-order valence-corrected chi connectivity index (χ3v) is 4.09. The van der Waals surface area contributed by atoms with Crippen molar-refractivity contribution in [2.45, 2.75) is 17.5 Å². The van der Waals surface area contributed by atoms with Gasteiger partial charge in [0.1, 0.15) is 6.23 Å². The second kappa shape index (κ2) is 8.28. The number of hydrogen-bond donors (Lipinski definition) is 3. The van der Waals surface area contributed by atoms with Crippen LogP contribution in [0.5, 0.6) is 0 Å². The van der Waals surface area contributed by atoms with Crippen LogP contribution in [0.15, 0.2) is 29.2 Å². The van der Waals surface area contributed by atoms with Crippen molar-refractivity contribution in [3.05, 3.63) is 29.8 Å². The van der Waals surface area contributed by atoms with Gasteiger partial charge in [0.25, 0.3) is 0 Å². The van der Waals surface area contributed by atoms with Crippen LogP contribution in [0.4, 0.5) is 0 Å². The van der Waals surface area contributed by atoms with E-state index >= 15 is 0 Å². The molecule has 13 heteroatoms. The molecule has 1 aromatic carbocycles. The Kier molecular flexibility index (Phi) is 7.80. The third-order valence-electron chi connectivity index (χ3n) is 1.83. The van der Waals surface area contributed by atoms with Crippen molar-refractivity contribution in [1.29, 1.82) is 0 Å². The Balaban J connectivity index is 0.00000122. The molecular weight excluding hydrogens is 350 g/mol. The molecule has 1 rings (SSSR count). The highest BCUT2D eigenvalue weighted by Gasteiger charge is 2.22. The molecule has 0 aromatic heterocycles. The van der Waals surface area contributed by atoms with Gasteiger partial charge in [-0.1, -0.05) is 12.1 Å². The maximum absolute atomic E-state index is 11.3. The summed E-state index contributed by atoms with van der Waals surface area (Å²) in [5, 5.41) is 8.91. The Hall–Kier alpha value is -1.22. The van der Waals surface area contributed by atoms with E-state index in [9.17, 15) is 16.8 Å². The van der Waals surface area contributed by atoms with E-state index in [1.54, 1.807) is 0 Å². The maximum atomic E-state index is 11.3. The first kappa shape index (κ1) is 19.8. The van der Waals surface area contributed by atoms with Crippen molar-refractivity contribution in [1.82, 2.24) is 0 Å². The summed E-state index contributed by atoms with van der Waals surface area (Å²) in [6, 6.07) is 4.79. The van der Waals surface area contributed by atoms with Gasteiger partial charge in [-0.2, -0.15) is 25.3 Å². The van der Waals surface area contributed by atoms with Crippen LogP contribution in [0.1, 0.15) is 5.56 Å². The van der Waals surface area contributed by atoms with E-state index in [4.69, 9.17) is 23.8 Å². The van der Waals surface area contributed by atoms with Crippen LogP contribution in [-0.4, -0.2) is 41.1 Å². The first-order chi connectivity index (χ1) is 9.51. The highest BCUT2D eigenvalue weighted by Crippen LogP contribution is 2.15. The molecule has 1 unspecified atom stereocenters. The van der Waals surface area contributed by atoms with E-state index < -0.39 is 43.2 Å². The van der Waals surface area contributed by atoms with Crippen LogP contribution in [0.3, 0.4) is 0 Å². The van der Waals surface area contributed by atoms with Crippen molar-refractivity contribution >= 4 is 32.1 Å². The van der Waals surface area contributed by atoms with Gasteiger partial charge in [-0.15, -0.1) is 3.63 Å². The standard InChI is InChI=1S/C8H11NO7S2.O2S/c9-8(10)5-6-1-3-7(4-2-6)17(11,12)16-18(13,14)15;1-3-2/h1-4,8,10H,5,9H2,(H,13,14,15);. The molecule has 0 saturated heterocycles. The van der Waals surface area contributed by atoms with Crippen molar-refractivity contribution in [2.75, 3.05) is 0 Å². The lowest BCUT2D eigenvalue weighted by molar-refractivity contribution is 0.183. The fourth-order valence-corrected chi connectivity index (χ4v) is 2.88. The summed E-state index contributed by atoms with van der Waals surface area (Å²) < 4.78 is 71.8. The Morgan fingerprint density at radius 3 is 1.90 bits per heavy atom. The van der Waals surface area contributed by atoms with Gasteiger partial charge in [-0.05, 0) is 17.7 Å². The van der Waals surface area contributed by atoms with Crippen LogP contribution in [0, 0.1) is 0 Å². The SMILES string of the molecule is NC(O)Cc1ccc(S(=O)(=O)OS(=O)(=O)O)cc1.O=S=O. The van der Waals surface area contributed by atoms with Crippen molar-refractivity contribution in [2.24, 2.45) is 5.73 Å². The Morgan fingerprint density at radius 1 is 1.14 bits per heavy atom. The number of aliphatic hydroxyl groups is 1. The minimum absolute atomic E-state index is 0.111. The summed E-state index contributed by atoms with van der Waals surface area (Å²) in [7, 11) is -9.70. The summed E-state index contributed by atoms with van der Waals surface area (Å²) >= 11 is -0.750. The van der Waals surface area contributed by atoms with Gasteiger partial charge < -0.3 is 10.8 Å². The lowest BCUT2D eigenvalue weighted by Crippen LogP contribution is -2.21. The number of hydrogen-bond acceptors (Lipinski definition) is 9. The molecule has 0 radical (unpaired) electrons. The Labute approximate surface area is 124 Å². The molecule has 0 bridgehead atoms. The van der Waals surface area contributed by atoms with Crippen LogP contribution in [0.25, 0.3) is 0 Å². The average Bonchev–Trinajstić information content (AvgIpc) is 2.26. The summed E-state index contributed by atoms with van der Waals surface area (Å²) in [6.45, 7) is 0. The van der Waals surface area contributed by atoms with E-state index in [2.05, 4.69) is 3.63 Å². The van der Waals surface area contributed by atoms with Crippen LogP contribution in [0.2, 0.25) is 0 Å². The number of aliphatic hydroxyl groups excluding tert-OH is 1. The lowest BCUT2D eigenvalue weighted by atomic mass is 10.1. The zero-order valence-electron chi connectivity index (χ0n) is 10.1. The lowest BCUT2D eigenvalue weighted by Gasteiger charge is -2.06. The number of nitrogens with two attached hydrogens (primary N) is 1. The zero-order valence-corrected chi connectivity index (χ0v) is 12.6. The van der Waals surface area contributed by atoms with Crippen molar-refractivity contribution in [3.8, 4) is 0 Å². The molecule has 10 nitrogen and oxygen atoms in total. The van der Waals surface area contributed by atoms with E-state index in [0.717, 1.165) is 12.1 Å². The number of benzene rings is 1. The van der Waals surface area contributed by atoms with Gasteiger partial charge in [0.2, 0.25) is 0 Å². The molecular formula is C8H11NO9S3. The predicted octanol–water partition coefficient (Wildman–Crippen LogP) is -1.66. The van der Waals surface area contributed by atoms with E-state index in [-0.39, 0.29) is 6.42 Å². The largest absolute Gasteiger partial charge is 0.412 e.